The zero-order valence-corrected chi connectivity index (χ0v) is 16.1. The van der Waals surface area contributed by atoms with Crippen LogP contribution in [-0.2, 0) is 0 Å². The Balaban J connectivity index is 1.59. The molecule has 1 unspecified atom stereocenters. The second-order valence-electron chi connectivity index (χ2n) is 6.98. The Morgan fingerprint density at radius 2 is 1.60 bits per heavy atom. The van der Waals surface area contributed by atoms with Crippen molar-refractivity contribution in [3.05, 3.63) is 59.2 Å². The molecule has 1 saturated heterocycles. The molecule has 0 amide bonds. The molecule has 1 aliphatic heterocycles. The molecule has 0 radical (unpaired) electrons. The van der Waals surface area contributed by atoms with Gasteiger partial charge >= 0.3 is 0 Å². The minimum Gasteiger partial charge on any atom is -0.372 e. The van der Waals surface area contributed by atoms with Gasteiger partial charge in [0.25, 0.3) is 0 Å². The van der Waals surface area contributed by atoms with Gasteiger partial charge in [-0.15, -0.1) is 0 Å². The molecule has 0 aliphatic carbocycles. The smallest absolute Gasteiger partial charge is 0.171 e. The Labute approximate surface area is 156 Å². The summed E-state index contributed by atoms with van der Waals surface area (Å²) in [6.07, 6.45) is 2.61. The van der Waals surface area contributed by atoms with Crippen molar-refractivity contribution in [2.75, 3.05) is 23.3 Å². The highest BCUT2D eigenvalue weighted by atomic mass is 32.1. The van der Waals surface area contributed by atoms with Crippen LogP contribution in [0.1, 0.15) is 42.5 Å². The summed E-state index contributed by atoms with van der Waals surface area (Å²) in [5, 5.41) is 7.33. The lowest BCUT2D eigenvalue weighted by Crippen LogP contribution is -2.31. The Kier molecular flexibility index (Phi) is 5.59. The van der Waals surface area contributed by atoms with E-state index in [9.17, 15) is 0 Å². The summed E-state index contributed by atoms with van der Waals surface area (Å²) in [5.74, 6) is 0. The van der Waals surface area contributed by atoms with Crippen molar-refractivity contribution >= 4 is 28.7 Å². The van der Waals surface area contributed by atoms with E-state index in [1.165, 1.54) is 48.3 Å². The molecule has 3 nitrogen and oxygen atoms in total. The molecule has 0 saturated carbocycles. The number of nitrogens with one attached hydrogen (secondary N) is 2. The van der Waals surface area contributed by atoms with Gasteiger partial charge in [0.1, 0.15) is 0 Å². The fourth-order valence-corrected chi connectivity index (χ4v) is 3.74. The average Bonchev–Trinajstić information content (AvgIpc) is 3.08. The van der Waals surface area contributed by atoms with E-state index in [1.807, 2.05) is 0 Å². The molecule has 1 heterocycles. The fourth-order valence-electron chi connectivity index (χ4n) is 3.44. The molecule has 0 aromatic heterocycles. The Hall–Kier alpha value is -2.07. The van der Waals surface area contributed by atoms with E-state index < -0.39 is 0 Å². The van der Waals surface area contributed by atoms with E-state index >= 15 is 0 Å². The summed E-state index contributed by atoms with van der Waals surface area (Å²) in [6.45, 7) is 8.69. The Morgan fingerprint density at radius 3 is 2.20 bits per heavy atom. The van der Waals surface area contributed by atoms with Crippen molar-refractivity contribution in [2.24, 2.45) is 0 Å². The minimum absolute atomic E-state index is 0.165. The lowest BCUT2D eigenvalue weighted by molar-refractivity contribution is 0.722. The van der Waals surface area contributed by atoms with Gasteiger partial charge in [-0.25, -0.2) is 0 Å². The quantitative estimate of drug-likeness (QED) is 0.761. The number of hydrogen-bond donors (Lipinski definition) is 2. The van der Waals surface area contributed by atoms with Gasteiger partial charge in [-0.3, -0.25) is 0 Å². The molecule has 3 rings (SSSR count). The Morgan fingerprint density at radius 1 is 1.00 bits per heavy atom. The summed E-state index contributed by atoms with van der Waals surface area (Å²) in [4.78, 5) is 2.45. The maximum atomic E-state index is 5.48. The molecule has 2 aromatic carbocycles. The number of rotatable bonds is 4. The molecule has 2 N–H and O–H groups in total. The number of benzene rings is 2. The lowest BCUT2D eigenvalue weighted by atomic mass is 10.1. The first-order valence-corrected chi connectivity index (χ1v) is 9.43. The van der Waals surface area contributed by atoms with Gasteiger partial charge in [0.2, 0.25) is 0 Å². The first kappa shape index (κ1) is 17.7. The van der Waals surface area contributed by atoms with E-state index in [4.69, 9.17) is 12.2 Å². The second-order valence-corrected chi connectivity index (χ2v) is 7.39. The molecule has 25 heavy (non-hydrogen) atoms. The van der Waals surface area contributed by atoms with Crippen molar-refractivity contribution in [1.82, 2.24) is 5.32 Å². The lowest BCUT2D eigenvalue weighted by Gasteiger charge is -2.20. The molecule has 2 aromatic rings. The Bertz CT molecular complexity index is 713. The number of aryl methyl sites for hydroxylation is 2. The number of thiocarbonyl (C=S) groups is 1. The van der Waals surface area contributed by atoms with E-state index in [1.54, 1.807) is 0 Å². The van der Waals surface area contributed by atoms with Crippen molar-refractivity contribution in [3.8, 4) is 0 Å². The van der Waals surface area contributed by atoms with Crippen molar-refractivity contribution in [1.29, 1.82) is 0 Å². The van der Waals surface area contributed by atoms with Crippen molar-refractivity contribution < 1.29 is 0 Å². The van der Waals surface area contributed by atoms with Crippen LogP contribution < -0.4 is 15.5 Å². The van der Waals surface area contributed by atoms with E-state index in [0.717, 1.165) is 5.69 Å². The van der Waals surface area contributed by atoms with Crippen LogP contribution in [0.5, 0.6) is 0 Å². The highest BCUT2D eigenvalue weighted by Gasteiger charge is 2.13. The maximum absolute atomic E-state index is 5.48. The maximum Gasteiger partial charge on any atom is 0.171 e. The van der Waals surface area contributed by atoms with E-state index in [2.05, 4.69) is 78.8 Å². The van der Waals surface area contributed by atoms with Gasteiger partial charge in [-0.1, -0.05) is 18.2 Å². The number of anilines is 2. The summed E-state index contributed by atoms with van der Waals surface area (Å²) >= 11 is 5.48. The molecule has 0 bridgehead atoms. The molecule has 0 spiro atoms. The van der Waals surface area contributed by atoms with Crippen LogP contribution in [0.2, 0.25) is 0 Å². The normalized spacial score (nSPS) is 15.1. The first-order chi connectivity index (χ1) is 12.0. The largest absolute Gasteiger partial charge is 0.372 e. The van der Waals surface area contributed by atoms with Crippen LogP contribution in [0, 0.1) is 13.8 Å². The SMILES string of the molecule is Cc1cc(C)cc(NC(=S)NC(C)c2ccc(N3CCCC3)cc2)c1. The topological polar surface area (TPSA) is 27.3 Å². The molecule has 4 heteroatoms. The monoisotopic (exact) mass is 353 g/mol. The highest BCUT2D eigenvalue weighted by molar-refractivity contribution is 7.80. The third-order valence-corrected chi connectivity index (χ3v) is 4.91. The average molecular weight is 354 g/mol. The molecule has 1 fully saturated rings. The number of nitrogens with zero attached hydrogens (tertiary/aromatic N) is 1. The highest BCUT2D eigenvalue weighted by Crippen LogP contribution is 2.23. The van der Waals surface area contributed by atoms with Gasteiger partial charge in [0.05, 0.1) is 6.04 Å². The molecule has 132 valence electrons. The summed E-state index contributed by atoms with van der Waals surface area (Å²) in [7, 11) is 0. The molecular formula is C21H27N3S. The molecule has 1 atom stereocenters. The third kappa shape index (κ3) is 4.73. The summed E-state index contributed by atoms with van der Waals surface area (Å²) in [5.41, 5.74) is 6.06. The van der Waals surface area contributed by atoms with Crippen LogP contribution in [0.3, 0.4) is 0 Å². The summed E-state index contributed by atoms with van der Waals surface area (Å²) < 4.78 is 0. The fraction of sp³-hybridized carbons (Fsp3) is 0.381. The van der Waals surface area contributed by atoms with Gasteiger partial charge in [0, 0.05) is 24.5 Å². The van der Waals surface area contributed by atoms with E-state index in [-0.39, 0.29) is 6.04 Å². The van der Waals surface area contributed by atoms with E-state index in [0.29, 0.717) is 5.11 Å². The predicted molar refractivity (Wildman–Crippen MR) is 112 cm³/mol. The predicted octanol–water partition coefficient (Wildman–Crippen LogP) is 4.95. The van der Waals surface area contributed by atoms with Crippen LogP contribution >= 0.6 is 12.2 Å². The van der Waals surface area contributed by atoms with Crippen LogP contribution in [0.15, 0.2) is 42.5 Å². The number of hydrogen-bond acceptors (Lipinski definition) is 2. The van der Waals surface area contributed by atoms with Gasteiger partial charge in [-0.2, -0.15) is 0 Å². The summed E-state index contributed by atoms with van der Waals surface area (Å²) in [6, 6.07) is 15.4. The second kappa shape index (κ2) is 7.87. The zero-order chi connectivity index (χ0) is 17.8. The van der Waals surface area contributed by atoms with Crippen LogP contribution in [-0.4, -0.2) is 18.2 Å². The standard InChI is InChI=1S/C21H27N3S/c1-15-12-16(2)14-19(13-15)23-21(25)22-17(3)18-6-8-20(9-7-18)24-10-4-5-11-24/h6-9,12-14,17H,4-5,10-11H2,1-3H3,(H2,22,23,25). The van der Waals surface area contributed by atoms with Crippen LogP contribution in [0.25, 0.3) is 0 Å². The van der Waals surface area contributed by atoms with Crippen molar-refractivity contribution in [2.45, 2.75) is 39.7 Å². The minimum atomic E-state index is 0.165. The van der Waals surface area contributed by atoms with Crippen LogP contribution in [0.4, 0.5) is 11.4 Å². The zero-order valence-electron chi connectivity index (χ0n) is 15.3. The van der Waals surface area contributed by atoms with Gasteiger partial charge in [-0.05, 0) is 86.8 Å². The third-order valence-electron chi connectivity index (χ3n) is 4.69. The van der Waals surface area contributed by atoms with Gasteiger partial charge < -0.3 is 15.5 Å². The first-order valence-electron chi connectivity index (χ1n) is 9.02. The molecular weight excluding hydrogens is 326 g/mol. The van der Waals surface area contributed by atoms with Gasteiger partial charge in [0.15, 0.2) is 5.11 Å². The van der Waals surface area contributed by atoms with Crippen molar-refractivity contribution in [3.63, 3.8) is 0 Å². The molecule has 1 aliphatic rings.